The van der Waals surface area contributed by atoms with Crippen LogP contribution in [0, 0.1) is 5.92 Å². The molecule has 2 aromatic rings. The smallest absolute Gasteiger partial charge is 0.269 e. The van der Waals surface area contributed by atoms with Crippen LogP contribution in [0.1, 0.15) is 33.6 Å². The summed E-state index contributed by atoms with van der Waals surface area (Å²) in [5.41, 5.74) is 5.79. The number of rotatable bonds is 4. The first-order valence-corrected chi connectivity index (χ1v) is 8.65. The largest absolute Gasteiger partial charge is 0.326 e. The van der Waals surface area contributed by atoms with Gasteiger partial charge in [-0.3, -0.25) is 25.2 Å². The molecule has 0 heterocycles. The molecule has 6 nitrogen and oxygen atoms in total. The lowest BCUT2D eigenvalue weighted by atomic mass is 10.2. The zero-order valence-corrected chi connectivity index (χ0v) is 15.0. The average Bonchev–Trinajstić information content (AvgIpc) is 3.44. The number of benzene rings is 2. The summed E-state index contributed by atoms with van der Waals surface area (Å²) in [7, 11) is 0. The topological polar surface area (TPSA) is 87.3 Å². The van der Waals surface area contributed by atoms with Crippen molar-refractivity contribution in [1.29, 1.82) is 0 Å². The van der Waals surface area contributed by atoms with Crippen molar-refractivity contribution in [2.24, 2.45) is 5.92 Å². The Hall–Kier alpha value is -2.57. The molecule has 2 aromatic carbocycles. The third-order valence-electron chi connectivity index (χ3n) is 3.78. The van der Waals surface area contributed by atoms with E-state index >= 15 is 0 Å². The van der Waals surface area contributed by atoms with Crippen LogP contribution in [0.4, 0.5) is 5.69 Å². The van der Waals surface area contributed by atoms with Gasteiger partial charge in [0.2, 0.25) is 5.91 Å². The van der Waals surface area contributed by atoms with Gasteiger partial charge in [-0.05, 0) is 55.3 Å². The first-order valence-electron chi connectivity index (χ1n) is 7.90. The van der Waals surface area contributed by atoms with E-state index in [0.717, 1.165) is 12.8 Å². The van der Waals surface area contributed by atoms with Crippen LogP contribution in [0.15, 0.2) is 42.5 Å². The van der Waals surface area contributed by atoms with Crippen LogP contribution in [0.25, 0.3) is 0 Å². The zero-order chi connectivity index (χ0) is 18.7. The molecule has 3 amide bonds. The molecule has 0 radical (unpaired) electrons. The Bertz CT molecular complexity index is 844. The highest BCUT2D eigenvalue weighted by Crippen LogP contribution is 2.30. The Morgan fingerprint density at radius 1 is 0.808 bits per heavy atom. The van der Waals surface area contributed by atoms with Gasteiger partial charge in [-0.25, -0.2) is 0 Å². The molecule has 0 unspecified atom stereocenters. The van der Waals surface area contributed by atoms with E-state index in [-0.39, 0.29) is 17.4 Å². The lowest BCUT2D eigenvalue weighted by molar-refractivity contribution is -0.117. The third-order valence-corrected chi connectivity index (χ3v) is 4.21. The molecular formula is C18H15Cl2N3O3. The maximum atomic E-state index is 12.1. The molecule has 0 aromatic heterocycles. The molecule has 3 rings (SSSR count). The number of hydrogen-bond donors (Lipinski definition) is 3. The molecule has 1 aliphatic carbocycles. The Labute approximate surface area is 159 Å². The van der Waals surface area contributed by atoms with E-state index in [1.165, 1.54) is 18.2 Å². The second-order valence-electron chi connectivity index (χ2n) is 5.91. The van der Waals surface area contributed by atoms with Gasteiger partial charge in [0.05, 0.1) is 0 Å². The zero-order valence-electron chi connectivity index (χ0n) is 13.5. The van der Waals surface area contributed by atoms with Crippen LogP contribution in [0.3, 0.4) is 0 Å². The van der Waals surface area contributed by atoms with Gasteiger partial charge in [-0.1, -0.05) is 23.2 Å². The summed E-state index contributed by atoms with van der Waals surface area (Å²) in [6.07, 6.45) is 1.84. The minimum atomic E-state index is -0.545. The highest BCUT2D eigenvalue weighted by Gasteiger charge is 2.29. The number of hydrazine groups is 1. The monoisotopic (exact) mass is 391 g/mol. The van der Waals surface area contributed by atoms with E-state index in [2.05, 4.69) is 16.2 Å². The van der Waals surface area contributed by atoms with Gasteiger partial charge in [-0.15, -0.1) is 0 Å². The maximum Gasteiger partial charge on any atom is 0.269 e. The fourth-order valence-corrected chi connectivity index (χ4v) is 2.76. The third kappa shape index (κ3) is 4.74. The van der Waals surface area contributed by atoms with Gasteiger partial charge in [0, 0.05) is 32.8 Å². The molecular weight excluding hydrogens is 377 g/mol. The number of anilines is 1. The number of nitrogens with one attached hydrogen (secondary N) is 3. The summed E-state index contributed by atoms with van der Waals surface area (Å²) in [5, 5.41) is 3.42. The summed E-state index contributed by atoms with van der Waals surface area (Å²) in [4.78, 5) is 35.8. The van der Waals surface area contributed by atoms with Crippen molar-refractivity contribution >= 4 is 46.6 Å². The van der Waals surface area contributed by atoms with Crippen molar-refractivity contribution in [2.75, 3.05) is 5.32 Å². The van der Waals surface area contributed by atoms with Crippen molar-refractivity contribution in [2.45, 2.75) is 12.8 Å². The van der Waals surface area contributed by atoms with Crippen LogP contribution in [0.5, 0.6) is 0 Å². The van der Waals surface area contributed by atoms with E-state index < -0.39 is 11.8 Å². The summed E-state index contributed by atoms with van der Waals surface area (Å²) in [5.74, 6) is -0.939. The minimum Gasteiger partial charge on any atom is -0.326 e. The molecule has 134 valence electrons. The Morgan fingerprint density at radius 3 is 1.88 bits per heavy atom. The van der Waals surface area contributed by atoms with E-state index in [9.17, 15) is 14.4 Å². The van der Waals surface area contributed by atoms with Gasteiger partial charge in [-0.2, -0.15) is 0 Å². The number of amides is 3. The lowest BCUT2D eigenvalue weighted by Crippen LogP contribution is -2.41. The first kappa shape index (κ1) is 18.2. The number of hydrogen-bond acceptors (Lipinski definition) is 3. The van der Waals surface area contributed by atoms with Gasteiger partial charge in [0.1, 0.15) is 0 Å². The minimum absolute atomic E-state index is 0.00496. The molecule has 0 bridgehead atoms. The van der Waals surface area contributed by atoms with E-state index in [1.54, 1.807) is 24.3 Å². The Kier molecular flexibility index (Phi) is 5.44. The van der Waals surface area contributed by atoms with Crippen LogP contribution < -0.4 is 16.2 Å². The lowest BCUT2D eigenvalue weighted by Gasteiger charge is -2.09. The van der Waals surface area contributed by atoms with E-state index in [4.69, 9.17) is 23.2 Å². The van der Waals surface area contributed by atoms with Crippen molar-refractivity contribution in [3.05, 3.63) is 63.6 Å². The van der Waals surface area contributed by atoms with Crippen LogP contribution in [-0.4, -0.2) is 17.7 Å². The fraction of sp³-hybridized carbons (Fsp3) is 0.167. The Morgan fingerprint density at radius 2 is 1.35 bits per heavy atom. The van der Waals surface area contributed by atoms with Gasteiger partial charge >= 0.3 is 0 Å². The predicted octanol–water partition coefficient (Wildman–Crippen LogP) is 3.42. The highest BCUT2D eigenvalue weighted by atomic mass is 35.5. The van der Waals surface area contributed by atoms with Crippen molar-refractivity contribution in [1.82, 2.24) is 10.9 Å². The molecule has 8 heteroatoms. The molecule has 1 fully saturated rings. The molecule has 3 N–H and O–H groups in total. The molecule has 1 saturated carbocycles. The summed E-state index contributed by atoms with van der Waals surface area (Å²) < 4.78 is 0. The molecule has 0 spiro atoms. The summed E-state index contributed by atoms with van der Waals surface area (Å²) in [6.45, 7) is 0. The van der Waals surface area contributed by atoms with Gasteiger partial charge < -0.3 is 5.32 Å². The molecule has 0 aliphatic heterocycles. The van der Waals surface area contributed by atoms with Crippen LogP contribution >= 0.6 is 23.2 Å². The number of carbonyl (C=O) groups excluding carboxylic acids is 3. The quantitative estimate of drug-likeness (QED) is 0.697. The SMILES string of the molecule is O=C(NNC(=O)c1cc(Cl)cc(Cl)c1)c1ccc(NC(=O)C2CC2)cc1. The standard InChI is InChI=1S/C18H15Cl2N3O3/c19-13-7-12(8-14(20)9-13)18(26)23-22-17(25)11-3-5-15(6-4-11)21-16(24)10-1-2-10/h3-10H,1-2H2,(H,21,24)(H,22,25)(H,23,26). The van der Waals surface area contributed by atoms with Crippen LogP contribution in [0.2, 0.25) is 10.0 Å². The number of halogens is 2. The van der Waals surface area contributed by atoms with Gasteiger partial charge in [0.15, 0.2) is 0 Å². The average molecular weight is 392 g/mol. The fourth-order valence-electron chi connectivity index (χ4n) is 2.24. The van der Waals surface area contributed by atoms with Crippen LogP contribution in [-0.2, 0) is 4.79 Å². The van der Waals surface area contributed by atoms with Crippen molar-refractivity contribution < 1.29 is 14.4 Å². The Balaban J connectivity index is 1.55. The second-order valence-corrected chi connectivity index (χ2v) is 6.78. The number of carbonyl (C=O) groups is 3. The van der Waals surface area contributed by atoms with E-state index in [0.29, 0.717) is 21.3 Å². The summed E-state index contributed by atoms with van der Waals surface area (Å²) in [6, 6.07) is 10.8. The van der Waals surface area contributed by atoms with Crippen molar-refractivity contribution in [3.63, 3.8) is 0 Å². The highest BCUT2D eigenvalue weighted by molar-refractivity contribution is 6.35. The predicted molar refractivity (Wildman–Crippen MR) is 99.2 cm³/mol. The molecule has 0 atom stereocenters. The molecule has 1 aliphatic rings. The van der Waals surface area contributed by atoms with Gasteiger partial charge in [0.25, 0.3) is 11.8 Å². The normalized spacial score (nSPS) is 13.0. The molecule has 26 heavy (non-hydrogen) atoms. The van der Waals surface area contributed by atoms with E-state index in [1.807, 2.05) is 0 Å². The maximum absolute atomic E-state index is 12.1. The second kappa shape index (κ2) is 7.76. The summed E-state index contributed by atoms with van der Waals surface area (Å²) >= 11 is 11.7. The molecule has 0 saturated heterocycles. The van der Waals surface area contributed by atoms with Crippen molar-refractivity contribution in [3.8, 4) is 0 Å². The first-order chi connectivity index (χ1) is 12.4.